The number of amides is 1. The van der Waals surface area contributed by atoms with E-state index in [0.717, 1.165) is 12.5 Å². The minimum absolute atomic E-state index is 0. The van der Waals surface area contributed by atoms with E-state index in [4.69, 9.17) is 9.15 Å². The van der Waals surface area contributed by atoms with Crippen molar-refractivity contribution in [3.63, 3.8) is 0 Å². The van der Waals surface area contributed by atoms with E-state index in [0.29, 0.717) is 38.5 Å². The highest BCUT2D eigenvalue weighted by atomic mass is 127. The SMILES string of the molecule is CCNC(=NCC(O)c1ccco1)N1CCN(C(=O)OCC)CC1.I. The second kappa shape index (κ2) is 11.2. The number of hydrogen-bond donors (Lipinski definition) is 2. The Labute approximate surface area is 165 Å². The van der Waals surface area contributed by atoms with Gasteiger partial charge in [0, 0.05) is 32.7 Å². The summed E-state index contributed by atoms with van der Waals surface area (Å²) in [4.78, 5) is 20.0. The van der Waals surface area contributed by atoms with Crippen molar-refractivity contribution in [2.24, 2.45) is 4.99 Å². The summed E-state index contributed by atoms with van der Waals surface area (Å²) in [6, 6.07) is 3.47. The highest BCUT2D eigenvalue weighted by molar-refractivity contribution is 14.0. The highest BCUT2D eigenvalue weighted by Gasteiger charge is 2.24. The summed E-state index contributed by atoms with van der Waals surface area (Å²) in [5.74, 6) is 1.23. The van der Waals surface area contributed by atoms with Crippen LogP contribution in [0.3, 0.4) is 0 Å². The zero-order chi connectivity index (χ0) is 17.4. The van der Waals surface area contributed by atoms with Gasteiger partial charge in [-0.3, -0.25) is 0 Å². The van der Waals surface area contributed by atoms with Gasteiger partial charge in [0.1, 0.15) is 11.9 Å². The summed E-state index contributed by atoms with van der Waals surface area (Å²) in [6.07, 6.45) is 0.490. The first kappa shape index (κ1) is 21.6. The molecule has 0 aliphatic carbocycles. The molecular formula is C16H27IN4O4. The topological polar surface area (TPSA) is 90.5 Å². The second-order valence-electron chi connectivity index (χ2n) is 5.40. The molecule has 0 radical (unpaired) electrons. The maximum absolute atomic E-state index is 11.7. The quantitative estimate of drug-likeness (QED) is 0.390. The van der Waals surface area contributed by atoms with Crippen LogP contribution >= 0.6 is 24.0 Å². The Morgan fingerprint density at radius 1 is 1.36 bits per heavy atom. The van der Waals surface area contributed by atoms with Crippen molar-refractivity contribution >= 4 is 36.0 Å². The fourth-order valence-electron chi connectivity index (χ4n) is 2.49. The molecule has 2 N–H and O–H groups in total. The van der Waals surface area contributed by atoms with Crippen molar-refractivity contribution in [3.8, 4) is 0 Å². The molecule has 8 nitrogen and oxygen atoms in total. The number of rotatable bonds is 5. The predicted molar refractivity (Wildman–Crippen MR) is 105 cm³/mol. The van der Waals surface area contributed by atoms with Crippen LogP contribution in [0.4, 0.5) is 4.79 Å². The third-order valence-electron chi connectivity index (χ3n) is 3.73. The van der Waals surface area contributed by atoms with Crippen molar-refractivity contribution in [2.45, 2.75) is 20.0 Å². The van der Waals surface area contributed by atoms with E-state index in [1.54, 1.807) is 24.0 Å². The molecule has 1 amide bonds. The maximum atomic E-state index is 11.7. The lowest BCUT2D eigenvalue weighted by Gasteiger charge is -2.36. The Bertz CT molecular complexity index is 530. The smallest absolute Gasteiger partial charge is 0.409 e. The fourth-order valence-corrected chi connectivity index (χ4v) is 2.49. The molecule has 1 fully saturated rings. The van der Waals surface area contributed by atoms with E-state index >= 15 is 0 Å². The molecule has 1 unspecified atom stereocenters. The van der Waals surface area contributed by atoms with Crippen molar-refractivity contribution in [1.82, 2.24) is 15.1 Å². The van der Waals surface area contributed by atoms with Gasteiger partial charge in [0.2, 0.25) is 0 Å². The van der Waals surface area contributed by atoms with Crippen molar-refractivity contribution < 1.29 is 19.1 Å². The average molecular weight is 466 g/mol. The van der Waals surface area contributed by atoms with Gasteiger partial charge in [-0.15, -0.1) is 24.0 Å². The van der Waals surface area contributed by atoms with E-state index in [9.17, 15) is 9.90 Å². The number of aliphatic hydroxyl groups excluding tert-OH is 1. The van der Waals surface area contributed by atoms with Crippen LogP contribution in [0.25, 0.3) is 0 Å². The third-order valence-corrected chi connectivity index (χ3v) is 3.73. The Morgan fingerprint density at radius 2 is 2.04 bits per heavy atom. The minimum Gasteiger partial charge on any atom is -0.467 e. The lowest BCUT2D eigenvalue weighted by atomic mass is 10.3. The molecule has 0 spiro atoms. The van der Waals surface area contributed by atoms with E-state index in [2.05, 4.69) is 15.2 Å². The Kier molecular flexibility index (Phi) is 9.65. The van der Waals surface area contributed by atoms with Crippen LogP contribution in [0.1, 0.15) is 25.7 Å². The molecular weight excluding hydrogens is 439 g/mol. The van der Waals surface area contributed by atoms with Crippen molar-refractivity contribution in [3.05, 3.63) is 24.2 Å². The van der Waals surface area contributed by atoms with Crippen molar-refractivity contribution in [2.75, 3.05) is 45.9 Å². The first-order valence-electron chi connectivity index (χ1n) is 8.32. The molecule has 2 rings (SSSR count). The van der Waals surface area contributed by atoms with Gasteiger partial charge in [-0.1, -0.05) is 0 Å². The normalized spacial score (nSPS) is 16.2. The number of furan rings is 1. The fraction of sp³-hybridized carbons (Fsp3) is 0.625. The zero-order valence-corrected chi connectivity index (χ0v) is 17.0. The number of piperazine rings is 1. The molecule has 2 heterocycles. The molecule has 0 saturated carbocycles. The summed E-state index contributed by atoms with van der Waals surface area (Å²) in [5.41, 5.74) is 0. The average Bonchev–Trinajstić information content (AvgIpc) is 3.13. The highest BCUT2D eigenvalue weighted by Crippen LogP contribution is 2.13. The van der Waals surface area contributed by atoms with Crippen LogP contribution in [-0.2, 0) is 4.74 Å². The largest absolute Gasteiger partial charge is 0.467 e. The van der Waals surface area contributed by atoms with Gasteiger partial charge >= 0.3 is 6.09 Å². The maximum Gasteiger partial charge on any atom is 0.409 e. The van der Waals surface area contributed by atoms with Crippen LogP contribution in [-0.4, -0.2) is 72.8 Å². The Hall–Kier alpha value is -1.49. The molecule has 1 aliphatic heterocycles. The van der Waals surface area contributed by atoms with Crippen LogP contribution in [0.15, 0.2) is 27.8 Å². The number of carbonyl (C=O) groups excluding carboxylic acids is 1. The van der Waals surface area contributed by atoms with Gasteiger partial charge < -0.3 is 29.4 Å². The van der Waals surface area contributed by atoms with E-state index in [1.165, 1.54) is 6.26 Å². The molecule has 1 aromatic rings. The van der Waals surface area contributed by atoms with Crippen LogP contribution in [0, 0.1) is 0 Å². The van der Waals surface area contributed by atoms with Gasteiger partial charge in [-0.2, -0.15) is 0 Å². The van der Waals surface area contributed by atoms with E-state index in [-0.39, 0.29) is 36.6 Å². The number of guanidine groups is 1. The molecule has 1 aromatic heterocycles. The van der Waals surface area contributed by atoms with Crippen LogP contribution in [0.5, 0.6) is 0 Å². The van der Waals surface area contributed by atoms with Gasteiger partial charge in [0.25, 0.3) is 0 Å². The summed E-state index contributed by atoms with van der Waals surface area (Å²) < 4.78 is 10.2. The number of aliphatic hydroxyl groups is 1. The summed E-state index contributed by atoms with van der Waals surface area (Å²) >= 11 is 0. The molecule has 0 aromatic carbocycles. The number of aliphatic imine (C=N–C) groups is 1. The standard InChI is InChI=1S/C16H26N4O4.HI/c1-3-17-15(18-12-13(21)14-6-5-11-24-14)19-7-9-20(10-8-19)16(22)23-4-2;/h5-6,11,13,21H,3-4,7-10,12H2,1-2H3,(H,17,18);1H. The number of hydrogen-bond acceptors (Lipinski definition) is 5. The summed E-state index contributed by atoms with van der Waals surface area (Å²) in [6.45, 7) is 7.63. The molecule has 1 atom stereocenters. The lowest BCUT2D eigenvalue weighted by molar-refractivity contribution is 0.0913. The third kappa shape index (κ3) is 6.38. The van der Waals surface area contributed by atoms with E-state index < -0.39 is 6.10 Å². The summed E-state index contributed by atoms with van der Waals surface area (Å²) in [5, 5.41) is 13.3. The van der Waals surface area contributed by atoms with Crippen LogP contribution in [0.2, 0.25) is 0 Å². The van der Waals surface area contributed by atoms with Gasteiger partial charge in [-0.25, -0.2) is 9.79 Å². The van der Waals surface area contributed by atoms with Crippen LogP contribution < -0.4 is 5.32 Å². The molecule has 0 bridgehead atoms. The molecule has 1 saturated heterocycles. The lowest BCUT2D eigenvalue weighted by Crippen LogP contribution is -2.54. The predicted octanol–water partition coefficient (Wildman–Crippen LogP) is 1.67. The van der Waals surface area contributed by atoms with Crippen molar-refractivity contribution in [1.29, 1.82) is 0 Å². The zero-order valence-electron chi connectivity index (χ0n) is 14.7. The number of nitrogens with zero attached hydrogens (tertiary/aromatic N) is 3. The van der Waals surface area contributed by atoms with Gasteiger partial charge in [0.05, 0.1) is 19.4 Å². The molecule has 1 aliphatic rings. The molecule has 142 valence electrons. The minimum atomic E-state index is -0.769. The first-order chi connectivity index (χ1) is 11.7. The number of nitrogens with one attached hydrogen (secondary N) is 1. The number of halogens is 1. The monoisotopic (exact) mass is 466 g/mol. The molecule has 9 heteroatoms. The van der Waals surface area contributed by atoms with Gasteiger partial charge in [-0.05, 0) is 26.0 Å². The number of carbonyl (C=O) groups is 1. The molecule has 25 heavy (non-hydrogen) atoms. The van der Waals surface area contributed by atoms with E-state index in [1.807, 2.05) is 6.92 Å². The summed E-state index contributed by atoms with van der Waals surface area (Å²) in [7, 11) is 0. The Morgan fingerprint density at radius 3 is 2.60 bits per heavy atom. The van der Waals surface area contributed by atoms with Gasteiger partial charge in [0.15, 0.2) is 5.96 Å². The number of ether oxygens (including phenoxy) is 1. The first-order valence-corrected chi connectivity index (χ1v) is 8.32. The second-order valence-corrected chi connectivity index (χ2v) is 5.40. The Balaban J connectivity index is 0.00000312.